The van der Waals surface area contributed by atoms with E-state index in [1.807, 2.05) is 31.2 Å². The van der Waals surface area contributed by atoms with Crippen LogP contribution in [0.2, 0.25) is 0 Å². The predicted octanol–water partition coefficient (Wildman–Crippen LogP) is 7.36. The predicted molar refractivity (Wildman–Crippen MR) is 135 cm³/mol. The molecule has 4 nitrogen and oxygen atoms in total. The van der Waals surface area contributed by atoms with Crippen LogP contribution in [0.4, 0.5) is 4.39 Å². The molecule has 1 fully saturated rings. The van der Waals surface area contributed by atoms with Crippen molar-refractivity contribution < 1.29 is 18.7 Å². The number of esters is 1. The molecule has 1 unspecified atom stereocenters. The van der Waals surface area contributed by atoms with Gasteiger partial charge in [0.1, 0.15) is 11.6 Å². The molecule has 4 rings (SSSR count). The average molecular weight is 464 g/mol. The van der Waals surface area contributed by atoms with Gasteiger partial charge < -0.3 is 14.0 Å². The minimum Gasteiger partial charge on any atom is -0.496 e. The smallest absolute Gasteiger partial charge is 0.330 e. The first-order valence-electron chi connectivity index (χ1n) is 12.2. The third-order valence-corrected chi connectivity index (χ3v) is 6.77. The van der Waals surface area contributed by atoms with Crippen LogP contribution in [-0.2, 0) is 9.53 Å². The SMILES string of the molecule is CCOC(=O)/C=C1\CCCC(c2c(C(C)C)n(-c3ccc(F)c(C)c3)c3cccc(OC)c23)C1. The second-order valence-corrected chi connectivity index (χ2v) is 9.42. The van der Waals surface area contributed by atoms with Gasteiger partial charge in [0.25, 0.3) is 0 Å². The number of carbonyl (C=O) groups excluding carboxylic acids is 1. The molecule has 180 valence electrons. The molecule has 2 aromatic carbocycles. The zero-order chi connectivity index (χ0) is 24.4. The van der Waals surface area contributed by atoms with Crippen molar-refractivity contribution in [2.24, 2.45) is 0 Å². The minimum atomic E-state index is -0.260. The van der Waals surface area contributed by atoms with Crippen LogP contribution >= 0.6 is 0 Å². The van der Waals surface area contributed by atoms with Crippen LogP contribution in [0.3, 0.4) is 0 Å². The summed E-state index contributed by atoms with van der Waals surface area (Å²) in [5.41, 5.74) is 6.26. The van der Waals surface area contributed by atoms with E-state index >= 15 is 0 Å². The normalized spacial score (nSPS) is 17.5. The van der Waals surface area contributed by atoms with Gasteiger partial charge in [-0.15, -0.1) is 0 Å². The fourth-order valence-electron chi connectivity index (χ4n) is 5.38. The number of carbonyl (C=O) groups is 1. The molecule has 0 radical (unpaired) electrons. The summed E-state index contributed by atoms with van der Waals surface area (Å²) in [4.78, 5) is 12.1. The van der Waals surface area contributed by atoms with Gasteiger partial charge in [0.15, 0.2) is 0 Å². The van der Waals surface area contributed by atoms with Crippen LogP contribution in [0.25, 0.3) is 16.6 Å². The summed E-state index contributed by atoms with van der Waals surface area (Å²) in [6.07, 6.45) is 5.48. The number of fused-ring (bicyclic) bond motifs is 1. The number of halogens is 1. The lowest BCUT2D eigenvalue weighted by Gasteiger charge is -2.27. The highest BCUT2D eigenvalue weighted by Gasteiger charge is 2.30. The van der Waals surface area contributed by atoms with Gasteiger partial charge in [-0.3, -0.25) is 0 Å². The van der Waals surface area contributed by atoms with Crippen LogP contribution in [0, 0.1) is 12.7 Å². The Hall–Kier alpha value is -3.08. The van der Waals surface area contributed by atoms with Crippen LogP contribution in [0.5, 0.6) is 5.75 Å². The molecule has 1 aromatic heterocycles. The van der Waals surface area contributed by atoms with Crippen molar-refractivity contribution in [3.05, 3.63) is 70.7 Å². The Morgan fingerprint density at radius 2 is 2.06 bits per heavy atom. The van der Waals surface area contributed by atoms with E-state index in [1.54, 1.807) is 26.2 Å². The fraction of sp³-hybridized carbons (Fsp3) is 0.414. The number of methoxy groups -OCH3 is 1. The fourth-order valence-corrected chi connectivity index (χ4v) is 5.38. The van der Waals surface area contributed by atoms with E-state index in [4.69, 9.17) is 9.47 Å². The molecule has 1 heterocycles. The largest absolute Gasteiger partial charge is 0.496 e. The first-order valence-corrected chi connectivity index (χ1v) is 12.2. The lowest BCUT2D eigenvalue weighted by molar-refractivity contribution is -0.137. The number of hydrogen-bond donors (Lipinski definition) is 0. The molecule has 1 atom stereocenters. The molecule has 0 amide bonds. The molecule has 3 aromatic rings. The quantitative estimate of drug-likeness (QED) is 0.283. The molecule has 0 spiro atoms. The van der Waals surface area contributed by atoms with E-state index in [-0.39, 0.29) is 23.6 Å². The topological polar surface area (TPSA) is 40.5 Å². The van der Waals surface area contributed by atoms with Gasteiger partial charge in [0.05, 0.1) is 19.2 Å². The maximum Gasteiger partial charge on any atom is 0.330 e. The molecule has 1 saturated carbocycles. The highest BCUT2D eigenvalue weighted by Crippen LogP contribution is 2.47. The number of aryl methyl sites for hydroxylation is 1. The van der Waals surface area contributed by atoms with Gasteiger partial charge in [-0.1, -0.05) is 25.5 Å². The minimum absolute atomic E-state index is 0.204. The molecule has 1 aliphatic rings. The molecule has 0 bridgehead atoms. The monoisotopic (exact) mass is 463 g/mol. The molecule has 0 aliphatic heterocycles. The standard InChI is InChI=1S/C29H34FNO3/c1-6-34-26(32)17-20-9-7-10-21(16-20)27-28-24(11-8-12-25(28)33-5)31(29(27)18(2)3)22-13-14-23(30)19(4)15-22/h8,11-15,17-18,21H,6-7,9-10,16H2,1-5H3/b20-17+. The van der Waals surface area contributed by atoms with E-state index in [1.165, 1.54) is 11.3 Å². The highest BCUT2D eigenvalue weighted by atomic mass is 19.1. The molecule has 34 heavy (non-hydrogen) atoms. The van der Waals surface area contributed by atoms with E-state index < -0.39 is 0 Å². The number of aromatic nitrogens is 1. The molecule has 5 heteroatoms. The Kier molecular flexibility index (Phi) is 7.11. The molecular weight excluding hydrogens is 429 g/mol. The zero-order valence-corrected chi connectivity index (χ0v) is 20.8. The Morgan fingerprint density at radius 1 is 1.26 bits per heavy atom. The highest BCUT2D eigenvalue weighted by molar-refractivity contribution is 5.93. The molecule has 1 aliphatic carbocycles. The van der Waals surface area contributed by atoms with Crippen LogP contribution in [-0.4, -0.2) is 24.3 Å². The Labute approximate surface area is 201 Å². The van der Waals surface area contributed by atoms with E-state index in [0.717, 1.165) is 53.6 Å². The molecule has 0 saturated heterocycles. The van der Waals surface area contributed by atoms with E-state index in [0.29, 0.717) is 12.2 Å². The van der Waals surface area contributed by atoms with Gasteiger partial charge >= 0.3 is 5.97 Å². The summed E-state index contributed by atoms with van der Waals surface area (Å²) in [6.45, 7) is 8.41. The number of nitrogens with zero attached hydrogens (tertiary/aromatic N) is 1. The summed E-state index contributed by atoms with van der Waals surface area (Å²) in [6, 6.07) is 11.4. The summed E-state index contributed by atoms with van der Waals surface area (Å²) in [5.74, 6) is 0.868. The zero-order valence-electron chi connectivity index (χ0n) is 20.8. The Bertz CT molecular complexity index is 1240. The molecule has 0 N–H and O–H groups in total. The molecular formula is C29H34FNO3. The first-order chi connectivity index (χ1) is 16.3. The third kappa shape index (κ3) is 4.48. The van der Waals surface area contributed by atoms with E-state index in [9.17, 15) is 9.18 Å². The van der Waals surface area contributed by atoms with Crippen molar-refractivity contribution >= 4 is 16.9 Å². The second kappa shape index (κ2) is 10.0. The number of hydrogen-bond acceptors (Lipinski definition) is 3. The summed E-state index contributed by atoms with van der Waals surface area (Å²) >= 11 is 0. The maximum absolute atomic E-state index is 14.1. The van der Waals surface area contributed by atoms with Crippen molar-refractivity contribution in [2.45, 2.75) is 65.2 Å². The Morgan fingerprint density at radius 3 is 2.74 bits per heavy atom. The van der Waals surface area contributed by atoms with Gasteiger partial charge in [0, 0.05) is 22.8 Å². The maximum atomic E-state index is 14.1. The van der Waals surface area contributed by atoms with Gasteiger partial charge in [0.2, 0.25) is 0 Å². The average Bonchev–Trinajstić information content (AvgIpc) is 3.17. The van der Waals surface area contributed by atoms with E-state index in [2.05, 4.69) is 24.5 Å². The van der Waals surface area contributed by atoms with Gasteiger partial charge in [-0.2, -0.15) is 0 Å². The van der Waals surface area contributed by atoms with Crippen molar-refractivity contribution in [1.82, 2.24) is 4.57 Å². The number of allylic oxidation sites excluding steroid dienone is 1. The summed E-state index contributed by atoms with van der Waals surface area (Å²) in [7, 11) is 1.71. The van der Waals surface area contributed by atoms with Gasteiger partial charge in [-0.05, 0) is 92.8 Å². The van der Waals surface area contributed by atoms with Crippen molar-refractivity contribution in [3.63, 3.8) is 0 Å². The number of ether oxygens (including phenoxy) is 2. The summed E-state index contributed by atoms with van der Waals surface area (Å²) in [5, 5.41) is 1.11. The van der Waals surface area contributed by atoms with Crippen molar-refractivity contribution in [1.29, 1.82) is 0 Å². The number of rotatable bonds is 6. The van der Waals surface area contributed by atoms with Crippen LogP contribution in [0.1, 0.15) is 75.1 Å². The van der Waals surface area contributed by atoms with Crippen molar-refractivity contribution in [2.75, 3.05) is 13.7 Å². The first kappa shape index (κ1) is 24.1. The summed E-state index contributed by atoms with van der Waals surface area (Å²) < 4.78 is 27.4. The number of benzene rings is 2. The van der Waals surface area contributed by atoms with Crippen LogP contribution in [0.15, 0.2) is 48.0 Å². The van der Waals surface area contributed by atoms with Crippen LogP contribution < -0.4 is 4.74 Å². The third-order valence-electron chi connectivity index (χ3n) is 6.77. The second-order valence-electron chi connectivity index (χ2n) is 9.42. The lowest BCUT2D eigenvalue weighted by atomic mass is 9.78. The van der Waals surface area contributed by atoms with Gasteiger partial charge in [-0.25, -0.2) is 9.18 Å². The lowest BCUT2D eigenvalue weighted by Crippen LogP contribution is -2.13. The van der Waals surface area contributed by atoms with Crippen molar-refractivity contribution in [3.8, 4) is 11.4 Å². The Balaban J connectivity index is 1.95.